The van der Waals surface area contributed by atoms with Gasteiger partial charge in [-0.25, -0.2) is 14.8 Å². The zero-order valence-electron chi connectivity index (χ0n) is 10.1. The quantitative estimate of drug-likeness (QED) is 0.648. The Kier molecular flexibility index (Phi) is 4.52. The summed E-state index contributed by atoms with van der Waals surface area (Å²) >= 11 is 7.11. The van der Waals surface area contributed by atoms with E-state index in [-0.39, 0.29) is 11.9 Å². The first-order valence-electron chi connectivity index (χ1n) is 5.64. The third-order valence-corrected chi connectivity index (χ3v) is 3.35. The largest absolute Gasteiger partial charge is 0.462 e. The molecule has 0 bridgehead atoms. The molecule has 0 radical (unpaired) electrons. The molecule has 0 spiro atoms. The fourth-order valence-corrected chi connectivity index (χ4v) is 2.70. The number of ether oxygens (including phenoxy) is 1. The minimum absolute atomic E-state index is 0.0536. The third kappa shape index (κ3) is 2.94. The van der Waals surface area contributed by atoms with Gasteiger partial charge in [0.25, 0.3) is 0 Å². The van der Waals surface area contributed by atoms with E-state index in [1.54, 1.807) is 12.3 Å². The van der Waals surface area contributed by atoms with Crippen LogP contribution >= 0.6 is 22.9 Å². The number of thiophene rings is 1. The molecular weight excluding hydrogens is 290 g/mol. The van der Waals surface area contributed by atoms with E-state index >= 15 is 0 Å². The summed E-state index contributed by atoms with van der Waals surface area (Å²) in [5.41, 5.74) is 0.402. The van der Waals surface area contributed by atoms with E-state index in [1.807, 2.05) is 0 Å². The molecular formula is C11H12ClN3O3S. The van der Waals surface area contributed by atoms with E-state index in [0.29, 0.717) is 34.7 Å². The number of hydrogen-bond donors (Lipinski definition) is 2. The Balaban J connectivity index is 2.51. The van der Waals surface area contributed by atoms with Crippen LogP contribution in [-0.2, 0) is 4.74 Å². The second-order valence-electron chi connectivity index (χ2n) is 3.54. The monoisotopic (exact) mass is 301 g/mol. The number of carbonyl (C=O) groups excluding carboxylic acids is 1. The van der Waals surface area contributed by atoms with Crippen molar-refractivity contribution in [1.29, 1.82) is 0 Å². The molecule has 19 heavy (non-hydrogen) atoms. The van der Waals surface area contributed by atoms with E-state index in [9.17, 15) is 4.79 Å². The molecule has 2 aromatic heterocycles. The van der Waals surface area contributed by atoms with Crippen molar-refractivity contribution in [3.05, 3.63) is 16.2 Å². The third-order valence-electron chi connectivity index (χ3n) is 2.31. The van der Waals surface area contributed by atoms with Crippen molar-refractivity contribution in [3.8, 4) is 0 Å². The van der Waals surface area contributed by atoms with Gasteiger partial charge in [0.15, 0.2) is 0 Å². The van der Waals surface area contributed by atoms with Crippen molar-refractivity contribution in [2.75, 3.05) is 25.1 Å². The van der Waals surface area contributed by atoms with Crippen LogP contribution in [0.3, 0.4) is 0 Å². The van der Waals surface area contributed by atoms with Crippen LogP contribution in [0, 0.1) is 0 Å². The molecule has 0 fully saturated rings. The number of halogens is 1. The average molecular weight is 302 g/mol. The molecule has 0 unspecified atom stereocenters. The number of aliphatic hydroxyl groups is 1. The van der Waals surface area contributed by atoms with E-state index in [2.05, 4.69) is 15.3 Å². The number of nitrogens with zero attached hydrogens (tertiary/aromatic N) is 2. The van der Waals surface area contributed by atoms with Crippen molar-refractivity contribution in [1.82, 2.24) is 9.97 Å². The van der Waals surface area contributed by atoms with E-state index in [0.717, 1.165) is 0 Å². The van der Waals surface area contributed by atoms with Gasteiger partial charge in [0.2, 0.25) is 5.28 Å². The Hall–Kier alpha value is -1.44. The highest BCUT2D eigenvalue weighted by atomic mass is 35.5. The van der Waals surface area contributed by atoms with Crippen molar-refractivity contribution in [2.24, 2.45) is 0 Å². The summed E-state index contributed by atoms with van der Waals surface area (Å²) in [6, 6.07) is 0. The summed E-state index contributed by atoms with van der Waals surface area (Å²) in [6.07, 6.45) is 0. The lowest BCUT2D eigenvalue weighted by Gasteiger charge is -2.07. The van der Waals surface area contributed by atoms with Crippen LogP contribution in [0.15, 0.2) is 5.38 Å². The lowest BCUT2D eigenvalue weighted by atomic mass is 10.2. The standard InChI is InChI=1S/C11H12ClN3O3S/c1-2-18-10(17)6-5-19-9-7(6)8(13-3-4-16)14-11(12)15-9/h5,16H,2-4H2,1H3,(H,13,14,15). The van der Waals surface area contributed by atoms with Crippen LogP contribution in [0.25, 0.3) is 10.2 Å². The molecule has 0 saturated heterocycles. The summed E-state index contributed by atoms with van der Waals surface area (Å²) in [7, 11) is 0. The highest BCUT2D eigenvalue weighted by Gasteiger charge is 2.19. The Morgan fingerprint density at radius 1 is 1.58 bits per heavy atom. The van der Waals surface area contributed by atoms with Crippen LogP contribution in [0.1, 0.15) is 17.3 Å². The van der Waals surface area contributed by atoms with Gasteiger partial charge in [0, 0.05) is 11.9 Å². The number of hydrogen-bond acceptors (Lipinski definition) is 7. The van der Waals surface area contributed by atoms with Gasteiger partial charge >= 0.3 is 5.97 Å². The highest BCUT2D eigenvalue weighted by molar-refractivity contribution is 7.17. The van der Waals surface area contributed by atoms with Crippen molar-refractivity contribution in [2.45, 2.75) is 6.92 Å². The SMILES string of the molecule is CCOC(=O)c1csc2nc(Cl)nc(NCCO)c12. The second-order valence-corrected chi connectivity index (χ2v) is 4.74. The van der Waals surface area contributed by atoms with Gasteiger partial charge in [0.05, 0.1) is 24.2 Å². The van der Waals surface area contributed by atoms with Gasteiger partial charge in [0.1, 0.15) is 10.6 Å². The molecule has 0 aliphatic carbocycles. The molecule has 102 valence electrons. The van der Waals surface area contributed by atoms with Crippen LogP contribution in [-0.4, -0.2) is 40.8 Å². The molecule has 2 aromatic rings. The Labute approximate surface area is 118 Å². The maximum Gasteiger partial charge on any atom is 0.339 e. The maximum absolute atomic E-state index is 11.8. The maximum atomic E-state index is 11.8. The van der Waals surface area contributed by atoms with E-state index in [4.69, 9.17) is 21.4 Å². The second kappa shape index (κ2) is 6.14. The number of carbonyl (C=O) groups is 1. The van der Waals surface area contributed by atoms with Gasteiger partial charge in [-0.2, -0.15) is 0 Å². The summed E-state index contributed by atoms with van der Waals surface area (Å²) in [4.78, 5) is 20.6. The molecule has 2 heterocycles. The molecule has 0 atom stereocenters. The summed E-state index contributed by atoms with van der Waals surface area (Å²) in [6.45, 7) is 2.29. The number of nitrogens with one attached hydrogen (secondary N) is 1. The fraction of sp³-hybridized carbons (Fsp3) is 0.364. The molecule has 2 N–H and O–H groups in total. The van der Waals surface area contributed by atoms with Crippen LogP contribution in [0.5, 0.6) is 0 Å². The molecule has 8 heteroatoms. The van der Waals surface area contributed by atoms with Gasteiger partial charge in [-0.3, -0.25) is 0 Å². The number of rotatable bonds is 5. The molecule has 0 amide bonds. The summed E-state index contributed by atoms with van der Waals surface area (Å²) < 4.78 is 4.99. The predicted octanol–water partition coefficient (Wildman–Crippen LogP) is 1.93. The normalized spacial score (nSPS) is 10.7. The molecule has 0 aliphatic heterocycles. The Bertz CT molecular complexity index is 602. The minimum Gasteiger partial charge on any atom is -0.462 e. The molecule has 6 nitrogen and oxygen atoms in total. The first kappa shape index (κ1) is 14.0. The molecule has 2 rings (SSSR count). The average Bonchev–Trinajstić information content (AvgIpc) is 2.79. The number of esters is 1. The van der Waals surface area contributed by atoms with Gasteiger partial charge in [-0.05, 0) is 18.5 Å². The highest BCUT2D eigenvalue weighted by Crippen LogP contribution is 2.31. The predicted molar refractivity (Wildman–Crippen MR) is 74.0 cm³/mol. The lowest BCUT2D eigenvalue weighted by Crippen LogP contribution is -2.10. The van der Waals surface area contributed by atoms with Gasteiger partial charge in [-0.1, -0.05) is 0 Å². The van der Waals surface area contributed by atoms with Crippen LogP contribution in [0.4, 0.5) is 5.82 Å². The van der Waals surface area contributed by atoms with Crippen LogP contribution in [0.2, 0.25) is 5.28 Å². The van der Waals surface area contributed by atoms with Gasteiger partial charge < -0.3 is 15.2 Å². The lowest BCUT2D eigenvalue weighted by molar-refractivity contribution is 0.0529. The van der Waals surface area contributed by atoms with Crippen LogP contribution < -0.4 is 5.32 Å². The van der Waals surface area contributed by atoms with Gasteiger partial charge in [-0.15, -0.1) is 11.3 Å². The number of anilines is 1. The first-order valence-corrected chi connectivity index (χ1v) is 6.89. The minimum atomic E-state index is -0.424. The van der Waals surface area contributed by atoms with E-state index < -0.39 is 5.97 Å². The summed E-state index contributed by atoms with van der Waals surface area (Å²) in [5.74, 6) is 0.0000685. The number of aromatic nitrogens is 2. The van der Waals surface area contributed by atoms with Crippen molar-refractivity contribution >= 4 is 44.9 Å². The Morgan fingerprint density at radius 2 is 2.37 bits per heavy atom. The van der Waals surface area contributed by atoms with Crippen molar-refractivity contribution in [3.63, 3.8) is 0 Å². The summed E-state index contributed by atoms with van der Waals surface area (Å²) in [5, 5.41) is 14.1. The zero-order valence-corrected chi connectivity index (χ0v) is 11.7. The first-order chi connectivity index (χ1) is 9.17. The smallest absolute Gasteiger partial charge is 0.339 e. The molecule has 0 aliphatic rings. The topological polar surface area (TPSA) is 84.3 Å². The van der Waals surface area contributed by atoms with E-state index in [1.165, 1.54) is 11.3 Å². The number of aliphatic hydroxyl groups excluding tert-OH is 1. The zero-order chi connectivity index (χ0) is 13.8. The number of fused-ring (bicyclic) bond motifs is 1. The van der Waals surface area contributed by atoms with Crippen molar-refractivity contribution < 1.29 is 14.6 Å². The molecule has 0 aromatic carbocycles. The fourth-order valence-electron chi connectivity index (χ4n) is 1.58. The Morgan fingerprint density at radius 3 is 3.05 bits per heavy atom. The molecule has 0 saturated carbocycles.